The van der Waals surface area contributed by atoms with Crippen molar-refractivity contribution < 1.29 is 9.53 Å². The Morgan fingerprint density at radius 1 is 1.24 bits per heavy atom. The zero-order chi connectivity index (χ0) is 15.9. The van der Waals surface area contributed by atoms with Crippen LogP contribution in [0.2, 0.25) is 0 Å². The van der Waals surface area contributed by atoms with Gasteiger partial charge in [0.05, 0.1) is 11.5 Å². The Bertz CT molecular complexity index is 430. The van der Waals surface area contributed by atoms with E-state index in [0.29, 0.717) is 6.54 Å². The summed E-state index contributed by atoms with van der Waals surface area (Å²) in [6, 6.07) is 7.48. The largest absolute Gasteiger partial charge is 0.491 e. The van der Waals surface area contributed by atoms with Crippen LogP contribution in [0.5, 0.6) is 5.75 Å². The average molecular weight is 292 g/mol. The number of benzene rings is 1. The Morgan fingerprint density at radius 3 is 2.24 bits per heavy atom. The number of amides is 1. The predicted molar refractivity (Wildman–Crippen MR) is 87.5 cm³/mol. The molecule has 0 aliphatic carbocycles. The van der Waals surface area contributed by atoms with Crippen LogP contribution in [0.25, 0.3) is 0 Å². The summed E-state index contributed by atoms with van der Waals surface area (Å²) in [4.78, 5) is 12.4. The van der Waals surface area contributed by atoms with Crippen molar-refractivity contribution in [1.29, 1.82) is 0 Å². The zero-order valence-electron chi connectivity index (χ0n) is 13.6. The average Bonchev–Trinajstić information content (AvgIpc) is 2.51. The molecule has 0 saturated heterocycles. The third-order valence-corrected chi connectivity index (χ3v) is 4.25. The van der Waals surface area contributed by atoms with Gasteiger partial charge in [-0.25, -0.2) is 0 Å². The van der Waals surface area contributed by atoms with Crippen LogP contribution in [0.15, 0.2) is 24.3 Å². The molecular formula is C17H28N2O2. The highest BCUT2D eigenvalue weighted by Crippen LogP contribution is 2.27. The molecule has 0 spiro atoms. The Morgan fingerprint density at radius 2 is 1.81 bits per heavy atom. The Kier molecular flexibility index (Phi) is 6.69. The molecule has 1 atom stereocenters. The number of nitrogens with one attached hydrogen (secondary N) is 1. The first-order valence-electron chi connectivity index (χ1n) is 7.79. The Balaban J connectivity index is 2.73. The number of carbonyl (C=O) groups excluding carboxylic acids is 1. The summed E-state index contributed by atoms with van der Waals surface area (Å²) in [7, 11) is 0. The van der Waals surface area contributed by atoms with Crippen molar-refractivity contribution in [3.63, 3.8) is 0 Å². The van der Waals surface area contributed by atoms with Crippen LogP contribution in [-0.2, 0) is 4.79 Å². The van der Waals surface area contributed by atoms with Crippen LogP contribution in [0.3, 0.4) is 0 Å². The van der Waals surface area contributed by atoms with Gasteiger partial charge in [0, 0.05) is 12.2 Å². The van der Waals surface area contributed by atoms with E-state index >= 15 is 0 Å². The number of hydrogen-bond acceptors (Lipinski definition) is 3. The second-order valence-electron chi connectivity index (χ2n) is 5.51. The second kappa shape index (κ2) is 8.03. The fraction of sp³-hybridized carbons (Fsp3) is 0.588. The molecule has 0 heterocycles. The summed E-state index contributed by atoms with van der Waals surface area (Å²) in [5.74, 6) is 0.809. The molecule has 1 rings (SSSR count). The zero-order valence-corrected chi connectivity index (χ0v) is 13.6. The van der Waals surface area contributed by atoms with Crippen molar-refractivity contribution in [3.8, 4) is 5.75 Å². The van der Waals surface area contributed by atoms with E-state index in [0.717, 1.165) is 30.7 Å². The molecule has 0 aromatic heterocycles. The highest BCUT2D eigenvalue weighted by atomic mass is 16.5. The number of hydrogen-bond donors (Lipinski definition) is 2. The summed E-state index contributed by atoms with van der Waals surface area (Å²) in [5.41, 5.74) is 6.09. The molecule has 118 valence electrons. The van der Waals surface area contributed by atoms with Gasteiger partial charge < -0.3 is 15.8 Å². The highest BCUT2D eigenvalue weighted by molar-refractivity contribution is 5.95. The molecule has 0 aliphatic heterocycles. The maximum atomic E-state index is 12.4. The van der Waals surface area contributed by atoms with Crippen molar-refractivity contribution in [2.45, 2.75) is 53.1 Å². The number of nitrogens with two attached hydrogens (primary N) is 1. The number of anilines is 1. The molecule has 3 N–H and O–H groups in total. The molecule has 1 unspecified atom stereocenters. The molecule has 0 bridgehead atoms. The Labute approximate surface area is 128 Å². The van der Waals surface area contributed by atoms with E-state index in [1.165, 1.54) is 0 Å². The molecule has 21 heavy (non-hydrogen) atoms. The van der Waals surface area contributed by atoms with Crippen LogP contribution in [0.4, 0.5) is 5.69 Å². The van der Waals surface area contributed by atoms with E-state index in [2.05, 4.69) is 12.2 Å². The molecule has 4 nitrogen and oxygen atoms in total. The predicted octanol–water partition coefficient (Wildman–Crippen LogP) is 3.57. The lowest BCUT2D eigenvalue weighted by molar-refractivity contribution is -0.125. The van der Waals surface area contributed by atoms with Crippen molar-refractivity contribution in [2.75, 3.05) is 11.9 Å². The minimum absolute atomic E-state index is 0.00871. The van der Waals surface area contributed by atoms with Gasteiger partial charge in [-0.1, -0.05) is 20.8 Å². The quantitative estimate of drug-likeness (QED) is 0.770. The summed E-state index contributed by atoms with van der Waals surface area (Å²) in [6.07, 6.45) is 2.63. The molecule has 1 aromatic carbocycles. The van der Waals surface area contributed by atoms with Gasteiger partial charge in [0.2, 0.25) is 5.91 Å². The van der Waals surface area contributed by atoms with E-state index in [-0.39, 0.29) is 12.0 Å². The number of carbonyl (C=O) groups is 1. The molecule has 1 amide bonds. The lowest BCUT2D eigenvalue weighted by Gasteiger charge is -2.28. The van der Waals surface area contributed by atoms with Gasteiger partial charge in [-0.05, 0) is 50.5 Å². The van der Waals surface area contributed by atoms with Gasteiger partial charge >= 0.3 is 0 Å². The molecule has 0 aliphatic rings. The molecule has 0 saturated carbocycles. The fourth-order valence-electron chi connectivity index (χ4n) is 2.15. The maximum absolute atomic E-state index is 12.4. The van der Waals surface area contributed by atoms with Gasteiger partial charge in [-0.2, -0.15) is 0 Å². The summed E-state index contributed by atoms with van der Waals surface area (Å²) < 4.78 is 5.72. The van der Waals surface area contributed by atoms with E-state index in [1.807, 2.05) is 45.0 Å². The van der Waals surface area contributed by atoms with Gasteiger partial charge in [-0.15, -0.1) is 0 Å². The van der Waals surface area contributed by atoms with E-state index in [1.54, 1.807) is 0 Å². The minimum atomic E-state index is -0.480. The number of rotatable bonds is 8. The van der Waals surface area contributed by atoms with Crippen molar-refractivity contribution in [1.82, 2.24) is 0 Å². The van der Waals surface area contributed by atoms with E-state index in [9.17, 15) is 4.79 Å². The normalized spacial score (nSPS) is 12.8. The van der Waals surface area contributed by atoms with Crippen LogP contribution in [0.1, 0.15) is 47.0 Å². The van der Waals surface area contributed by atoms with Gasteiger partial charge in [0.25, 0.3) is 0 Å². The topological polar surface area (TPSA) is 64.3 Å². The van der Waals surface area contributed by atoms with Gasteiger partial charge in [0.1, 0.15) is 5.75 Å². The third kappa shape index (κ3) is 4.46. The SMILES string of the molecule is CCC(C)Oc1ccc(NC(=O)C(CC)(CC)CN)cc1. The van der Waals surface area contributed by atoms with Crippen LogP contribution < -0.4 is 15.8 Å². The molecular weight excluding hydrogens is 264 g/mol. The van der Waals surface area contributed by atoms with Crippen molar-refractivity contribution in [2.24, 2.45) is 11.1 Å². The Hall–Kier alpha value is -1.55. The minimum Gasteiger partial charge on any atom is -0.491 e. The lowest BCUT2D eigenvalue weighted by atomic mass is 9.81. The first-order chi connectivity index (χ1) is 10.0. The second-order valence-corrected chi connectivity index (χ2v) is 5.51. The molecule has 4 heteroatoms. The smallest absolute Gasteiger partial charge is 0.231 e. The highest BCUT2D eigenvalue weighted by Gasteiger charge is 2.33. The first-order valence-corrected chi connectivity index (χ1v) is 7.79. The summed E-state index contributed by atoms with van der Waals surface area (Å²) in [5, 5.41) is 2.96. The van der Waals surface area contributed by atoms with Crippen molar-refractivity contribution in [3.05, 3.63) is 24.3 Å². The first kappa shape index (κ1) is 17.5. The van der Waals surface area contributed by atoms with Crippen LogP contribution >= 0.6 is 0 Å². The van der Waals surface area contributed by atoms with Crippen LogP contribution in [-0.4, -0.2) is 18.6 Å². The monoisotopic (exact) mass is 292 g/mol. The standard InChI is InChI=1S/C17H28N2O2/c1-5-13(4)21-15-10-8-14(9-11-15)19-16(20)17(6-2,7-3)12-18/h8-11,13H,5-7,12,18H2,1-4H3,(H,19,20). The summed E-state index contributed by atoms with van der Waals surface area (Å²) >= 11 is 0. The van der Waals surface area contributed by atoms with Gasteiger partial charge in [0.15, 0.2) is 0 Å². The van der Waals surface area contributed by atoms with E-state index in [4.69, 9.17) is 10.5 Å². The van der Waals surface area contributed by atoms with E-state index < -0.39 is 5.41 Å². The number of ether oxygens (including phenoxy) is 1. The lowest BCUT2D eigenvalue weighted by Crippen LogP contribution is -2.41. The molecule has 1 aromatic rings. The van der Waals surface area contributed by atoms with Crippen molar-refractivity contribution >= 4 is 11.6 Å². The van der Waals surface area contributed by atoms with Crippen LogP contribution in [0, 0.1) is 5.41 Å². The molecule has 0 radical (unpaired) electrons. The van der Waals surface area contributed by atoms with Gasteiger partial charge in [-0.3, -0.25) is 4.79 Å². The molecule has 0 fully saturated rings. The fourth-order valence-corrected chi connectivity index (χ4v) is 2.15. The maximum Gasteiger partial charge on any atom is 0.231 e. The third-order valence-electron chi connectivity index (χ3n) is 4.25. The summed E-state index contributed by atoms with van der Waals surface area (Å²) in [6.45, 7) is 8.48.